The second kappa shape index (κ2) is 11.5. The van der Waals surface area contributed by atoms with Crippen molar-refractivity contribution in [2.75, 3.05) is 39.9 Å². The zero-order valence-electron chi connectivity index (χ0n) is 21.1. The molecule has 3 rings (SSSR count). The summed E-state index contributed by atoms with van der Waals surface area (Å²) < 4.78 is 77.9. The summed E-state index contributed by atoms with van der Waals surface area (Å²) in [6.45, 7) is 0. The van der Waals surface area contributed by atoms with E-state index in [1.165, 1.54) is 70.9 Å². The van der Waals surface area contributed by atoms with Crippen molar-refractivity contribution in [2.45, 2.75) is 10.6 Å². The van der Waals surface area contributed by atoms with Crippen molar-refractivity contribution in [3.63, 3.8) is 0 Å². The molecule has 38 heavy (non-hydrogen) atoms. The fraction of sp³-hybridized carbons (Fsp3) is 0.200. The molecule has 0 aliphatic heterocycles. The predicted octanol–water partition coefficient (Wildman–Crippen LogP) is 3.24. The Morgan fingerprint density at radius 1 is 0.737 bits per heavy atom. The Balaban J connectivity index is 1.91. The van der Waals surface area contributed by atoms with Crippen LogP contribution in [0.4, 0.5) is 11.4 Å². The van der Waals surface area contributed by atoms with Crippen LogP contribution >= 0.6 is 0 Å². The number of hydrogen-bond acceptors (Lipinski definition) is 11. The zero-order chi connectivity index (χ0) is 28.1. The maximum absolute atomic E-state index is 12.9. The quantitative estimate of drug-likeness (QED) is 0.259. The lowest BCUT2D eigenvalue weighted by atomic mass is 10.1. The monoisotopic (exact) mass is 564 g/mol. The molecule has 11 nitrogen and oxygen atoms in total. The summed E-state index contributed by atoms with van der Waals surface area (Å²) in [7, 11) is -2.55. The van der Waals surface area contributed by atoms with Gasteiger partial charge in [0.1, 0.15) is 22.1 Å². The Morgan fingerprint density at radius 3 is 1.92 bits per heavy atom. The van der Waals surface area contributed by atoms with Gasteiger partial charge in [-0.1, -0.05) is 6.07 Å². The molecular weight excluding hydrogens is 536 g/mol. The fourth-order valence-electron chi connectivity index (χ4n) is 3.48. The highest BCUT2D eigenvalue weighted by atomic mass is 32.2. The molecule has 3 aromatic rings. The summed E-state index contributed by atoms with van der Waals surface area (Å²) in [5.41, 5.74) is 12.3. The van der Waals surface area contributed by atoms with Crippen molar-refractivity contribution in [1.29, 1.82) is 0 Å². The molecule has 0 saturated heterocycles. The Hall–Kier alpha value is -4.10. The molecule has 3 aromatic carbocycles. The zero-order valence-corrected chi connectivity index (χ0v) is 22.8. The average molecular weight is 565 g/mol. The van der Waals surface area contributed by atoms with Crippen molar-refractivity contribution in [3.05, 3.63) is 65.1 Å². The summed E-state index contributed by atoms with van der Waals surface area (Å²) in [5.74, 6) is 0.570. The highest BCUT2D eigenvalue weighted by Crippen LogP contribution is 2.36. The van der Waals surface area contributed by atoms with E-state index in [1.807, 2.05) is 0 Å². The molecule has 0 spiro atoms. The van der Waals surface area contributed by atoms with Crippen molar-refractivity contribution >= 4 is 37.4 Å². The Bertz CT molecular complexity index is 1540. The molecule has 4 N–H and O–H groups in total. The van der Waals surface area contributed by atoms with Crippen molar-refractivity contribution < 1.29 is 40.0 Å². The van der Waals surface area contributed by atoms with Crippen LogP contribution in [0, 0.1) is 0 Å². The first-order chi connectivity index (χ1) is 17.9. The van der Waals surface area contributed by atoms with Crippen LogP contribution in [0.2, 0.25) is 0 Å². The smallest absolute Gasteiger partial charge is 0.341 e. The molecule has 0 saturated carbocycles. The summed E-state index contributed by atoms with van der Waals surface area (Å²) in [6.07, 6.45) is 1.35. The third-order valence-corrected chi connectivity index (χ3v) is 7.89. The number of rotatable bonds is 11. The second-order valence-electron chi connectivity index (χ2n) is 7.88. The minimum atomic E-state index is -4.38. The van der Waals surface area contributed by atoms with Crippen LogP contribution < -0.4 is 34.6 Å². The van der Waals surface area contributed by atoms with Gasteiger partial charge in [-0.2, -0.15) is 8.42 Å². The van der Waals surface area contributed by atoms with Gasteiger partial charge in [0.2, 0.25) is 0 Å². The number of hydrogen-bond donors (Lipinski definition) is 2. The maximum atomic E-state index is 12.9. The van der Waals surface area contributed by atoms with Gasteiger partial charge in [0, 0.05) is 23.2 Å². The van der Waals surface area contributed by atoms with Crippen LogP contribution in [0.15, 0.2) is 58.8 Å². The summed E-state index contributed by atoms with van der Waals surface area (Å²) in [6, 6.07) is 11.2. The van der Waals surface area contributed by atoms with E-state index in [1.54, 1.807) is 12.1 Å². The SMILES string of the molecule is COc1cc(OC)c(C=CS(=O)(=O)Cc2ccc(OC)c(OS(=O)(=O)c3ccc(N)cc3N)c2)c(OC)c1. The van der Waals surface area contributed by atoms with E-state index in [0.29, 0.717) is 22.8 Å². The van der Waals surface area contributed by atoms with Gasteiger partial charge in [-0.15, -0.1) is 0 Å². The fourth-order valence-corrected chi connectivity index (χ4v) is 5.61. The Kier molecular flexibility index (Phi) is 8.63. The third kappa shape index (κ3) is 6.61. The number of nitrogens with two attached hydrogens (primary N) is 2. The van der Waals surface area contributed by atoms with Crippen molar-refractivity contribution in [1.82, 2.24) is 0 Å². The summed E-state index contributed by atoms with van der Waals surface area (Å²) >= 11 is 0. The highest BCUT2D eigenvalue weighted by molar-refractivity contribution is 7.93. The maximum Gasteiger partial charge on any atom is 0.341 e. The number of anilines is 2. The van der Waals surface area contributed by atoms with E-state index in [-0.39, 0.29) is 33.3 Å². The lowest BCUT2D eigenvalue weighted by molar-refractivity contribution is 0.374. The molecule has 0 aromatic heterocycles. The second-order valence-corrected chi connectivity index (χ2v) is 11.3. The van der Waals surface area contributed by atoms with E-state index in [9.17, 15) is 16.8 Å². The van der Waals surface area contributed by atoms with Gasteiger partial charge in [0.25, 0.3) is 0 Å². The molecule has 0 radical (unpaired) electrons. The lowest BCUT2D eigenvalue weighted by Gasteiger charge is -2.14. The highest BCUT2D eigenvalue weighted by Gasteiger charge is 2.23. The number of sulfone groups is 1. The van der Waals surface area contributed by atoms with Gasteiger partial charge in [-0.3, -0.25) is 0 Å². The minimum absolute atomic E-state index is 0.0759. The molecule has 0 amide bonds. The van der Waals surface area contributed by atoms with E-state index < -0.39 is 25.7 Å². The van der Waals surface area contributed by atoms with E-state index >= 15 is 0 Å². The van der Waals surface area contributed by atoms with E-state index in [2.05, 4.69) is 0 Å². The van der Waals surface area contributed by atoms with Gasteiger partial charge < -0.3 is 34.6 Å². The molecule has 0 atom stereocenters. The predicted molar refractivity (Wildman–Crippen MR) is 144 cm³/mol. The first-order valence-electron chi connectivity index (χ1n) is 10.9. The molecule has 204 valence electrons. The van der Waals surface area contributed by atoms with Gasteiger partial charge in [0.15, 0.2) is 21.3 Å². The van der Waals surface area contributed by atoms with Crippen molar-refractivity contribution in [3.8, 4) is 28.7 Å². The molecule has 0 bridgehead atoms. The van der Waals surface area contributed by atoms with Crippen molar-refractivity contribution in [2.24, 2.45) is 0 Å². The largest absolute Gasteiger partial charge is 0.496 e. The van der Waals surface area contributed by atoms with Gasteiger partial charge >= 0.3 is 10.1 Å². The molecule has 0 unspecified atom stereocenters. The van der Waals surface area contributed by atoms with Crippen LogP contribution in [0.1, 0.15) is 11.1 Å². The summed E-state index contributed by atoms with van der Waals surface area (Å²) in [4.78, 5) is -0.294. The molecule has 0 aliphatic rings. The number of ether oxygens (including phenoxy) is 4. The van der Waals surface area contributed by atoms with Crippen LogP contribution in [0.5, 0.6) is 28.7 Å². The molecular formula is C25H28N2O9S2. The first kappa shape index (κ1) is 28.5. The third-order valence-electron chi connectivity index (χ3n) is 5.29. The van der Waals surface area contributed by atoms with E-state index in [0.717, 1.165) is 5.41 Å². The molecule has 0 aliphatic carbocycles. The Labute approximate surface area is 221 Å². The molecule has 13 heteroatoms. The number of nitrogen functional groups attached to an aromatic ring is 2. The summed E-state index contributed by atoms with van der Waals surface area (Å²) in [5, 5.41) is 1.01. The van der Waals surface area contributed by atoms with Gasteiger partial charge in [-0.05, 0) is 42.0 Å². The molecule has 0 heterocycles. The van der Waals surface area contributed by atoms with Crippen LogP contribution in [-0.2, 0) is 25.7 Å². The topological polar surface area (TPSA) is 166 Å². The number of methoxy groups -OCH3 is 4. The lowest BCUT2D eigenvalue weighted by Crippen LogP contribution is -2.13. The first-order valence-corrected chi connectivity index (χ1v) is 14.0. The van der Waals surface area contributed by atoms with Crippen LogP contribution in [-0.4, -0.2) is 45.3 Å². The Morgan fingerprint density at radius 2 is 1.37 bits per heavy atom. The minimum Gasteiger partial charge on any atom is -0.496 e. The standard InChI is InChI=1S/C25H28N2O9S2/c1-32-18-13-22(34-3)19(23(14-18)35-4)9-10-37(28,29)15-16-5-7-21(33-2)24(11-16)36-38(30,31)25-8-6-17(26)12-20(25)27/h5-14H,15,26-27H2,1-4H3. The molecule has 0 fully saturated rings. The average Bonchev–Trinajstić information content (AvgIpc) is 2.86. The van der Waals surface area contributed by atoms with Crippen LogP contribution in [0.3, 0.4) is 0 Å². The number of benzene rings is 3. The van der Waals surface area contributed by atoms with Gasteiger partial charge in [-0.25, -0.2) is 8.42 Å². The van der Waals surface area contributed by atoms with Gasteiger partial charge in [0.05, 0.1) is 45.4 Å². The van der Waals surface area contributed by atoms with E-state index in [4.69, 9.17) is 34.6 Å². The normalized spacial score (nSPS) is 11.8. The van der Waals surface area contributed by atoms with Crippen LogP contribution in [0.25, 0.3) is 6.08 Å².